The lowest BCUT2D eigenvalue weighted by atomic mass is 10.3. The zero-order valence-corrected chi connectivity index (χ0v) is 15.7. The molecule has 1 aromatic heterocycles. The molecule has 2 aromatic rings. The topological polar surface area (TPSA) is 108 Å². The van der Waals surface area contributed by atoms with Gasteiger partial charge in [0.05, 0.1) is 10.6 Å². The van der Waals surface area contributed by atoms with E-state index in [9.17, 15) is 13.2 Å². The molecule has 1 aromatic carbocycles. The second-order valence-corrected chi connectivity index (χ2v) is 8.34. The normalized spacial score (nSPS) is 11.6. The van der Waals surface area contributed by atoms with Crippen LogP contribution >= 0.6 is 11.8 Å². The fourth-order valence-electron chi connectivity index (χ4n) is 1.99. The molecule has 0 aliphatic carbocycles. The number of thioether (sulfide) groups is 1. The van der Waals surface area contributed by atoms with Gasteiger partial charge in [0.15, 0.2) is 5.16 Å². The Bertz CT molecular complexity index is 776. The molecule has 136 valence electrons. The number of nitrogens with zero attached hydrogens (tertiary/aromatic N) is 3. The lowest BCUT2D eigenvalue weighted by Gasteiger charge is -2.17. The number of carbonyl (C=O) groups is 1. The summed E-state index contributed by atoms with van der Waals surface area (Å²) in [7, 11) is -1.93. The Balaban J connectivity index is 1.93. The minimum atomic E-state index is -3.50. The number of aromatic amines is 1. The number of anilines is 1. The summed E-state index contributed by atoms with van der Waals surface area (Å²) in [5.74, 6) is -0.0355. The number of amides is 1. The molecule has 0 bridgehead atoms. The van der Waals surface area contributed by atoms with Gasteiger partial charge in [-0.2, -0.15) is 5.10 Å². The van der Waals surface area contributed by atoms with Crippen molar-refractivity contribution in [2.75, 3.05) is 24.7 Å². The number of carbonyl (C=O) groups excluding carboxylic acids is 1. The molecule has 10 heteroatoms. The van der Waals surface area contributed by atoms with E-state index in [1.54, 1.807) is 19.2 Å². The first-order chi connectivity index (χ1) is 11.9. The fraction of sp³-hybridized carbons (Fsp3) is 0.400. The van der Waals surface area contributed by atoms with Gasteiger partial charge in [0.25, 0.3) is 0 Å². The summed E-state index contributed by atoms with van der Waals surface area (Å²) in [5.41, 5.74) is 0.540. The minimum absolute atomic E-state index is 0.176. The summed E-state index contributed by atoms with van der Waals surface area (Å²) in [5, 5.41) is 9.63. The Morgan fingerprint density at radius 3 is 2.64 bits per heavy atom. The number of hydrogen-bond donors (Lipinski definition) is 2. The van der Waals surface area contributed by atoms with Crippen molar-refractivity contribution in [2.45, 2.75) is 29.8 Å². The summed E-state index contributed by atoms with van der Waals surface area (Å²) < 4.78 is 26.2. The number of nitrogens with one attached hydrogen (secondary N) is 2. The maximum atomic E-state index is 12.4. The van der Waals surface area contributed by atoms with Crippen LogP contribution < -0.4 is 5.32 Å². The van der Waals surface area contributed by atoms with Crippen LogP contribution in [0.3, 0.4) is 0 Å². The van der Waals surface area contributed by atoms with E-state index < -0.39 is 10.0 Å². The van der Waals surface area contributed by atoms with E-state index in [1.165, 1.54) is 34.5 Å². The second kappa shape index (κ2) is 8.97. The molecule has 2 rings (SSSR count). The lowest BCUT2D eigenvalue weighted by molar-refractivity contribution is -0.113. The standard InChI is InChI=1S/C15H21N5O3S2/c1-3-4-9-20(2)25(22,23)13-7-5-12(6-8-13)18-14(21)10-24-15-16-11-17-19-15/h5-8,11H,3-4,9-10H2,1-2H3,(H,18,21)(H,16,17,19). The van der Waals surface area contributed by atoms with Gasteiger partial charge >= 0.3 is 0 Å². The number of aromatic nitrogens is 3. The number of rotatable bonds is 9. The molecule has 0 saturated heterocycles. The van der Waals surface area contributed by atoms with Crippen molar-refractivity contribution in [3.63, 3.8) is 0 Å². The van der Waals surface area contributed by atoms with Gasteiger partial charge in [-0.3, -0.25) is 9.89 Å². The van der Waals surface area contributed by atoms with Crippen molar-refractivity contribution in [3.05, 3.63) is 30.6 Å². The molecule has 2 N–H and O–H groups in total. The van der Waals surface area contributed by atoms with Crippen LogP contribution in [0.25, 0.3) is 0 Å². The quantitative estimate of drug-likeness (QED) is 0.641. The van der Waals surface area contributed by atoms with E-state index in [-0.39, 0.29) is 16.6 Å². The summed E-state index contributed by atoms with van der Waals surface area (Å²) in [6.07, 6.45) is 3.11. The van der Waals surface area contributed by atoms with E-state index in [1.807, 2.05) is 6.92 Å². The molecule has 1 amide bonds. The second-order valence-electron chi connectivity index (χ2n) is 5.33. The van der Waals surface area contributed by atoms with Gasteiger partial charge in [-0.1, -0.05) is 25.1 Å². The molecule has 0 radical (unpaired) electrons. The van der Waals surface area contributed by atoms with Gasteiger partial charge in [0.1, 0.15) is 6.33 Å². The maximum Gasteiger partial charge on any atom is 0.242 e. The van der Waals surface area contributed by atoms with E-state index in [0.717, 1.165) is 12.8 Å². The van der Waals surface area contributed by atoms with Crippen LogP contribution in [-0.4, -0.2) is 53.2 Å². The minimum Gasteiger partial charge on any atom is -0.325 e. The first kappa shape index (κ1) is 19.4. The summed E-state index contributed by atoms with van der Waals surface area (Å²) in [4.78, 5) is 16.0. The van der Waals surface area contributed by atoms with Crippen LogP contribution in [0.2, 0.25) is 0 Å². The van der Waals surface area contributed by atoms with Crippen LogP contribution in [0.5, 0.6) is 0 Å². The molecule has 0 spiro atoms. The first-order valence-electron chi connectivity index (χ1n) is 7.78. The van der Waals surface area contributed by atoms with Crippen molar-refractivity contribution in [3.8, 4) is 0 Å². The van der Waals surface area contributed by atoms with Crippen LogP contribution in [0.1, 0.15) is 19.8 Å². The molecule has 1 heterocycles. The number of hydrogen-bond acceptors (Lipinski definition) is 6. The van der Waals surface area contributed by atoms with Gasteiger partial charge in [-0.05, 0) is 30.7 Å². The smallest absolute Gasteiger partial charge is 0.242 e. The molecule has 0 unspecified atom stereocenters. The molecule has 0 aliphatic rings. The van der Waals surface area contributed by atoms with Crippen LogP contribution in [0.4, 0.5) is 5.69 Å². The molecule has 0 saturated carbocycles. The number of benzene rings is 1. The van der Waals surface area contributed by atoms with E-state index in [2.05, 4.69) is 20.5 Å². The van der Waals surface area contributed by atoms with Gasteiger partial charge in [-0.15, -0.1) is 0 Å². The molecular formula is C15H21N5O3S2. The Hall–Kier alpha value is -1.91. The SMILES string of the molecule is CCCCN(C)S(=O)(=O)c1ccc(NC(=O)CSc2ncn[nH]2)cc1. The summed E-state index contributed by atoms with van der Waals surface area (Å²) >= 11 is 1.23. The Morgan fingerprint density at radius 1 is 1.32 bits per heavy atom. The molecule has 0 aliphatic heterocycles. The first-order valence-corrected chi connectivity index (χ1v) is 10.2. The number of unbranched alkanes of at least 4 members (excludes halogenated alkanes) is 1. The predicted octanol–water partition coefficient (Wildman–Crippen LogP) is 1.96. The zero-order valence-electron chi connectivity index (χ0n) is 14.1. The highest BCUT2D eigenvalue weighted by atomic mass is 32.2. The number of H-pyrrole nitrogens is 1. The third-order valence-electron chi connectivity index (χ3n) is 3.41. The predicted molar refractivity (Wildman–Crippen MR) is 96.9 cm³/mol. The third-order valence-corrected chi connectivity index (χ3v) is 6.15. The Labute approximate surface area is 151 Å². The summed E-state index contributed by atoms with van der Waals surface area (Å²) in [6.45, 7) is 2.49. The van der Waals surface area contributed by atoms with Gasteiger partial charge in [0, 0.05) is 19.3 Å². The molecule has 8 nitrogen and oxygen atoms in total. The van der Waals surface area contributed by atoms with Gasteiger partial charge in [-0.25, -0.2) is 17.7 Å². The Kier molecular flexibility index (Phi) is 6.97. The Morgan fingerprint density at radius 2 is 2.04 bits per heavy atom. The highest BCUT2D eigenvalue weighted by Gasteiger charge is 2.20. The number of sulfonamides is 1. The lowest BCUT2D eigenvalue weighted by Crippen LogP contribution is -2.27. The fourth-order valence-corrected chi connectivity index (χ4v) is 3.77. The van der Waals surface area contributed by atoms with Crippen molar-refractivity contribution < 1.29 is 13.2 Å². The van der Waals surface area contributed by atoms with Crippen LogP contribution in [-0.2, 0) is 14.8 Å². The monoisotopic (exact) mass is 383 g/mol. The zero-order chi connectivity index (χ0) is 18.3. The molecular weight excluding hydrogens is 362 g/mol. The van der Waals surface area contributed by atoms with Crippen molar-refractivity contribution in [1.82, 2.24) is 19.5 Å². The highest BCUT2D eigenvalue weighted by molar-refractivity contribution is 7.99. The average Bonchev–Trinajstić information content (AvgIpc) is 3.12. The van der Waals surface area contributed by atoms with Gasteiger partial charge < -0.3 is 5.32 Å². The van der Waals surface area contributed by atoms with Crippen LogP contribution in [0.15, 0.2) is 40.6 Å². The largest absolute Gasteiger partial charge is 0.325 e. The third kappa shape index (κ3) is 5.55. The highest BCUT2D eigenvalue weighted by Crippen LogP contribution is 2.18. The van der Waals surface area contributed by atoms with Crippen LogP contribution in [0, 0.1) is 0 Å². The summed E-state index contributed by atoms with van der Waals surface area (Å²) in [6, 6.07) is 6.16. The molecule has 0 atom stereocenters. The average molecular weight is 383 g/mol. The van der Waals surface area contributed by atoms with Crippen molar-refractivity contribution in [1.29, 1.82) is 0 Å². The molecule has 0 fully saturated rings. The van der Waals surface area contributed by atoms with Crippen molar-refractivity contribution in [2.24, 2.45) is 0 Å². The van der Waals surface area contributed by atoms with Gasteiger partial charge in [0.2, 0.25) is 15.9 Å². The van der Waals surface area contributed by atoms with E-state index >= 15 is 0 Å². The molecule has 25 heavy (non-hydrogen) atoms. The maximum absolute atomic E-state index is 12.4. The van der Waals surface area contributed by atoms with E-state index in [4.69, 9.17) is 0 Å². The van der Waals surface area contributed by atoms with E-state index in [0.29, 0.717) is 17.4 Å². The van der Waals surface area contributed by atoms with Crippen molar-refractivity contribution >= 4 is 33.4 Å².